The summed E-state index contributed by atoms with van der Waals surface area (Å²) in [5.41, 5.74) is 1.86. The predicted octanol–water partition coefficient (Wildman–Crippen LogP) is 3.36. The maximum atomic E-state index is 13.2. The van der Waals surface area contributed by atoms with Gasteiger partial charge in [-0.25, -0.2) is 8.42 Å². The van der Waals surface area contributed by atoms with Crippen molar-refractivity contribution >= 4 is 21.6 Å². The number of nitrogens with zero attached hydrogens (tertiary/aromatic N) is 1. The largest absolute Gasteiger partial charge is 0.351 e. The Morgan fingerprint density at radius 1 is 1.11 bits per heavy atom. The first-order valence-electron chi connectivity index (χ1n) is 9.73. The van der Waals surface area contributed by atoms with Gasteiger partial charge in [0.05, 0.1) is 11.2 Å². The van der Waals surface area contributed by atoms with Crippen molar-refractivity contribution in [1.82, 2.24) is 10.3 Å². The lowest BCUT2D eigenvalue weighted by atomic mass is 9.68. The van der Waals surface area contributed by atoms with Crippen molar-refractivity contribution in [2.24, 2.45) is 0 Å². The van der Waals surface area contributed by atoms with E-state index < -0.39 is 15.4 Å². The van der Waals surface area contributed by atoms with Crippen molar-refractivity contribution in [3.63, 3.8) is 0 Å². The fraction of sp³-hybridized carbons (Fsp3) is 0.429. The first-order chi connectivity index (χ1) is 13.5. The minimum absolute atomic E-state index is 0.0233. The molecule has 0 bridgehead atoms. The molecule has 2 aromatic rings. The zero-order valence-corrected chi connectivity index (χ0v) is 17.0. The Balaban J connectivity index is 1.79. The number of amides is 1. The van der Waals surface area contributed by atoms with Gasteiger partial charge in [0.2, 0.25) is 15.9 Å². The quantitative estimate of drug-likeness (QED) is 0.745. The Bertz CT molecular complexity index is 890. The van der Waals surface area contributed by atoms with E-state index in [1.54, 1.807) is 31.5 Å². The number of hydrogen-bond acceptors (Lipinski definition) is 4. The van der Waals surface area contributed by atoms with Crippen molar-refractivity contribution in [3.8, 4) is 0 Å². The van der Waals surface area contributed by atoms with Gasteiger partial charge in [-0.15, -0.1) is 0 Å². The molecule has 1 heterocycles. The third-order valence-electron chi connectivity index (χ3n) is 5.41. The van der Waals surface area contributed by atoms with Gasteiger partial charge in [-0.05, 0) is 49.1 Å². The highest BCUT2D eigenvalue weighted by molar-refractivity contribution is 7.92. The van der Waals surface area contributed by atoms with Crippen LogP contribution in [0, 0.1) is 0 Å². The van der Waals surface area contributed by atoms with Crippen LogP contribution in [0.15, 0.2) is 48.8 Å². The van der Waals surface area contributed by atoms with E-state index in [4.69, 9.17) is 0 Å². The molecular weight excluding hydrogens is 374 g/mol. The summed E-state index contributed by atoms with van der Waals surface area (Å²) >= 11 is 0. The fourth-order valence-electron chi connectivity index (χ4n) is 3.77. The van der Waals surface area contributed by atoms with Crippen LogP contribution in [0.1, 0.15) is 50.2 Å². The lowest BCUT2D eigenvalue weighted by Crippen LogP contribution is -2.45. The number of carbonyl (C=O) groups is 1. The van der Waals surface area contributed by atoms with Crippen molar-refractivity contribution in [2.75, 3.05) is 10.5 Å². The Morgan fingerprint density at radius 3 is 2.43 bits per heavy atom. The van der Waals surface area contributed by atoms with Crippen LogP contribution in [-0.2, 0) is 26.8 Å². The van der Waals surface area contributed by atoms with E-state index in [0.717, 1.165) is 43.2 Å². The summed E-state index contributed by atoms with van der Waals surface area (Å²) in [6, 6.07) is 11.0. The summed E-state index contributed by atoms with van der Waals surface area (Å²) in [7, 11) is -3.32. The Morgan fingerprint density at radius 2 is 1.82 bits per heavy atom. The highest BCUT2D eigenvalue weighted by atomic mass is 32.2. The number of anilines is 1. The molecule has 7 heteroatoms. The molecule has 1 aliphatic rings. The summed E-state index contributed by atoms with van der Waals surface area (Å²) in [5, 5.41) is 3.08. The molecule has 1 fully saturated rings. The molecule has 28 heavy (non-hydrogen) atoms. The van der Waals surface area contributed by atoms with E-state index in [9.17, 15) is 13.2 Å². The van der Waals surface area contributed by atoms with Crippen molar-refractivity contribution in [1.29, 1.82) is 0 Å². The first kappa shape index (κ1) is 20.3. The number of carbonyl (C=O) groups excluding carboxylic acids is 1. The average molecular weight is 402 g/mol. The maximum Gasteiger partial charge on any atom is 0.232 e. The van der Waals surface area contributed by atoms with E-state index in [1.807, 2.05) is 24.3 Å². The van der Waals surface area contributed by atoms with E-state index in [1.165, 1.54) is 0 Å². The summed E-state index contributed by atoms with van der Waals surface area (Å²) in [5.74, 6) is 0.0491. The molecule has 150 valence electrons. The molecule has 0 aliphatic heterocycles. The van der Waals surface area contributed by atoms with Crippen molar-refractivity contribution in [3.05, 3.63) is 59.9 Å². The maximum absolute atomic E-state index is 13.2. The number of hydrogen-bond donors (Lipinski definition) is 2. The van der Waals surface area contributed by atoms with E-state index >= 15 is 0 Å². The molecule has 1 aromatic heterocycles. The Kier molecular flexibility index (Phi) is 6.34. The van der Waals surface area contributed by atoms with E-state index in [2.05, 4.69) is 15.0 Å². The topological polar surface area (TPSA) is 88.2 Å². The zero-order chi connectivity index (χ0) is 20.0. The molecule has 2 N–H and O–H groups in total. The number of pyridine rings is 1. The van der Waals surface area contributed by atoms with Gasteiger partial charge in [-0.2, -0.15) is 0 Å². The smallest absolute Gasteiger partial charge is 0.232 e. The van der Waals surface area contributed by atoms with E-state index in [0.29, 0.717) is 12.2 Å². The lowest BCUT2D eigenvalue weighted by Gasteiger charge is -2.36. The molecule has 3 rings (SSSR count). The average Bonchev–Trinajstić information content (AvgIpc) is 2.73. The van der Waals surface area contributed by atoms with Gasteiger partial charge < -0.3 is 5.32 Å². The van der Waals surface area contributed by atoms with Gasteiger partial charge in [0.25, 0.3) is 0 Å². The first-order valence-corrected chi connectivity index (χ1v) is 11.4. The highest BCUT2D eigenvalue weighted by Gasteiger charge is 2.40. The normalized spacial score (nSPS) is 16.3. The number of benzene rings is 1. The molecule has 0 saturated heterocycles. The molecule has 0 radical (unpaired) electrons. The van der Waals surface area contributed by atoms with Crippen LogP contribution in [-0.4, -0.2) is 25.1 Å². The summed E-state index contributed by atoms with van der Waals surface area (Å²) in [4.78, 5) is 17.3. The van der Waals surface area contributed by atoms with Crippen LogP contribution in [0.25, 0.3) is 0 Å². The highest BCUT2D eigenvalue weighted by Crippen LogP contribution is 2.40. The molecule has 1 aliphatic carbocycles. The van der Waals surface area contributed by atoms with E-state index in [-0.39, 0.29) is 11.7 Å². The van der Waals surface area contributed by atoms with Gasteiger partial charge in [-0.3, -0.25) is 14.5 Å². The summed E-state index contributed by atoms with van der Waals surface area (Å²) in [6.07, 6.45) is 8.20. The van der Waals surface area contributed by atoms with Gasteiger partial charge in [0.15, 0.2) is 0 Å². The summed E-state index contributed by atoms with van der Waals surface area (Å²) < 4.78 is 26.1. The van der Waals surface area contributed by atoms with Crippen LogP contribution in [0.3, 0.4) is 0 Å². The van der Waals surface area contributed by atoms with Crippen LogP contribution in [0.5, 0.6) is 0 Å². The SMILES string of the molecule is CCS(=O)(=O)Nc1ccc(C2(C(=O)NCc3cccnc3)CCCCC2)cc1. The van der Waals surface area contributed by atoms with Gasteiger partial charge in [0, 0.05) is 24.6 Å². The molecular formula is C21H27N3O3S. The molecule has 1 amide bonds. The number of rotatable bonds is 7. The van der Waals surface area contributed by atoms with Crippen molar-refractivity contribution < 1.29 is 13.2 Å². The number of aromatic nitrogens is 1. The Labute approximate surface area is 166 Å². The van der Waals surface area contributed by atoms with Crippen molar-refractivity contribution in [2.45, 2.75) is 51.0 Å². The number of nitrogens with one attached hydrogen (secondary N) is 2. The van der Waals surface area contributed by atoms with Crippen LogP contribution in [0.2, 0.25) is 0 Å². The molecule has 1 aromatic carbocycles. The molecule has 0 spiro atoms. The third kappa shape index (κ3) is 4.70. The molecule has 1 saturated carbocycles. The second-order valence-electron chi connectivity index (χ2n) is 7.27. The summed E-state index contributed by atoms with van der Waals surface area (Å²) in [6.45, 7) is 2.04. The van der Waals surface area contributed by atoms with Crippen LogP contribution in [0.4, 0.5) is 5.69 Å². The van der Waals surface area contributed by atoms with Gasteiger partial charge in [-0.1, -0.05) is 37.5 Å². The minimum atomic E-state index is -3.32. The lowest BCUT2D eigenvalue weighted by molar-refractivity contribution is -0.128. The van der Waals surface area contributed by atoms with Crippen LogP contribution >= 0.6 is 0 Å². The fourth-order valence-corrected chi connectivity index (χ4v) is 4.40. The third-order valence-corrected chi connectivity index (χ3v) is 6.72. The standard InChI is InChI=1S/C21H27N3O3S/c1-2-28(26,27)24-19-10-8-18(9-11-19)21(12-4-3-5-13-21)20(25)23-16-17-7-6-14-22-15-17/h6-11,14-15,24H,2-5,12-13,16H2,1H3,(H,23,25). The zero-order valence-electron chi connectivity index (χ0n) is 16.1. The van der Waals surface area contributed by atoms with Gasteiger partial charge in [0.1, 0.15) is 0 Å². The second kappa shape index (κ2) is 8.73. The molecule has 6 nitrogen and oxygen atoms in total. The molecule has 0 unspecified atom stereocenters. The predicted molar refractivity (Wildman–Crippen MR) is 110 cm³/mol. The minimum Gasteiger partial charge on any atom is -0.351 e. The van der Waals surface area contributed by atoms with Crippen LogP contribution < -0.4 is 10.0 Å². The molecule has 0 atom stereocenters. The second-order valence-corrected chi connectivity index (χ2v) is 9.28. The monoisotopic (exact) mass is 401 g/mol. The number of sulfonamides is 1. The Hall–Kier alpha value is -2.41. The van der Waals surface area contributed by atoms with Gasteiger partial charge >= 0.3 is 0 Å².